The Labute approximate surface area is 126 Å². The Hall–Kier alpha value is -2.04. The molecule has 0 heterocycles. The van der Waals surface area contributed by atoms with E-state index >= 15 is 0 Å². The lowest BCUT2D eigenvalue weighted by atomic mass is 10.2. The number of rotatable bonds is 9. The summed E-state index contributed by atoms with van der Waals surface area (Å²) in [5.41, 5.74) is 1.05. The monoisotopic (exact) mass is 292 g/mol. The predicted molar refractivity (Wildman–Crippen MR) is 83.4 cm³/mol. The van der Waals surface area contributed by atoms with Crippen LogP contribution in [0.1, 0.15) is 43.5 Å². The minimum absolute atomic E-state index is 0.0789. The van der Waals surface area contributed by atoms with Crippen LogP contribution in [0, 0.1) is 0 Å². The molecule has 0 aliphatic carbocycles. The molecule has 2 N–H and O–H groups in total. The molecule has 116 valence electrons. The molecule has 21 heavy (non-hydrogen) atoms. The summed E-state index contributed by atoms with van der Waals surface area (Å²) in [5.74, 6) is -0.464. The number of anilines is 1. The number of hydrogen-bond donors (Lipinski definition) is 2. The molecule has 0 aliphatic heterocycles. The number of nitrogens with one attached hydrogen (secondary N) is 2. The van der Waals surface area contributed by atoms with E-state index in [9.17, 15) is 9.59 Å². The van der Waals surface area contributed by atoms with Gasteiger partial charge >= 0.3 is 5.97 Å². The van der Waals surface area contributed by atoms with Crippen LogP contribution in [0.15, 0.2) is 24.3 Å². The topological polar surface area (TPSA) is 67.4 Å². The SMILES string of the molecule is CCCCCNC(=O)CNc1ccccc1C(=O)OCC. The minimum atomic E-state index is -0.385. The molecule has 1 aromatic carbocycles. The molecular formula is C16H24N2O3. The number of para-hydroxylation sites is 1. The van der Waals surface area contributed by atoms with Crippen molar-refractivity contribution in [3.8, 4) is 0 Å². The van der Waals surface area contributed by atoms with Gasteiger partial charge in [0.1, 0.15) is 0 Å². The van der Waals surface area contributed by atoms with Crippen LogP contribution >= 0.6 is 0 Å². The smallest absolute Gasteiger partial charge is 0.340 e. The van der Waals surface area contributed by atoms with Gasteiger partial charge in [0.2, 0.25) is 5.91 Å². The lowest BCUT2D eigenvalue weighted by Gasteiger charge is -2.11. The molecule has 0 bridgehead atoms. The van der Waals surface area contributed by atoms with E-state index in [2.05, 4.69) is 17.6 Å². The highest BCUT2D eigenvalue weighted by Crippen LogP contribution is 2.15. The van der Waals surface area contributed by atoms with E-state index in [4.69, 9.17) is 4.74 Å². The summed E-state index contributed by atoms with van der Waals surface area (Å²) in [4.78, 5) is 23.5. The largest absolute Gasteiger partial charge is 0.462 e. The van der Waals surface area contributed by atoms with Gasteiger partial charge in [0.25, 0.3) is 0 Å². The highest BCUT2D eigenvalue weighted by Gasteiger charge is 2.12. The van der Waals surface area contributed by atoms with Gasteiger partial charge in [0, 0.05) is 12.2 Å². The van der Waals surface area contributed by atoms with Crippen molar-refractivity contribution in [1.82, 2.24) is 5.32 Å². The number of carbonyl (C=O) groups is 2. The number of amides is 1. The summed E-state index contributed by atoms with van der Waals surface area (Å²) >= 11 is 0. The lowest BCUT2D eigenvalue weighted by molar-refractivity contribution is -0.119. The molecule has 0 aromatic heterocycles. The van der Waals surface area contributed by atoms with Crippen molar-refractivity contribution in [2.45, 2.75) is 33.1 Å². The predicted octanol–water partition coefficient (Wildman–Crippen LogP) is 2.58. The van der Waals surface area contributed by atoms with Crippen LogP contribution < -0.4 is 10.6 Å². The first-order chi connectivity index (χ1) is 10.2. The van der Waals surface area contributed by atoms with Crippen LogP contribution in [0.3, 0.4) is 0 Å². The Kier molecular flexibility index (Phi) is 7.94. The Morgan fingerprint density at radius 3 is 2.62 bits per heavy atom. The van der Waals surface area contributed by atoms with Gasteiger partial charge in [0.15, 0.2) is 0 Å². The molecule has 1 rings (SSSR count). The second kappa shape index (κ2) is 9.80. The Balaban J connectivity index is 2.47. The average Bonchev–Trinajstić information content (AvgIpc) is 2.50. The van der Waals surface area contributed by atoms with E-state index in [0.29, 0.717) is 24.4 Å². The van der Waals surface area contributed by atoms with Gasteiger partial charge in [-0.3, -0.25) is 4.79 Å². The fourth-order valence-corrected chi connectivity index (χ4v) is 1.86. The van der Waals surface area contributed by atoms with Crippen molar-refractivity contribution in [3.05, 3.63) is 29.8 Å². The first-order valence-corrected chi connectivity index (χ1v) is 7.45. The van der Waals surface area contributed by atoms with Gasteiger partial charge in [-0.1, -0.05) is 31.9 Å². The van der Waals surface area contributed by atoms with E-state index in [1.807, 2.05) is 6.07 Å². The van der Waals surface area contributed by atoms with E-state index < -0.39 is 0 Å². The Morgan fingerprint density at radius 1 is 1.14 bits per heavy atom. The maximum atomic E-state index is 11.8. The van der Waals surface area contributed by atoms with Crippen molar-refractivity contribution in [2.75, 3.05) is 25.0 Å². The number of unbranched alkanes of at least 4 members (excludes halogenated alkanes) is 2. The molecule has 0 fully saturated rings. The average molecular weight is 292 g/mol. The minimum Gasteiger partial charge on any atom is -0.462 e. The van der Waals surface area contributed by atoms with E-state index in [1.54, 1.807) is 25.1 Å². The number of esters is 1. The highest BCUT2D eigenvalue weighted by molar-refractivity contribution is 5.96. The maximum absolute atomic E-state index is 11.8. The highest BCUT2D eigenvalue weighted by atomic mass is 16.5. The van der Waals surface area contributed by atoms with Crippen molar-refractivity contribution in [1.29, 1.82) is 0 Å². The summed E-state index contributed by atoms with van der Waals surface area (Å²) < 4.78 is 4.99. The molecule has 0 atom stereocenters. The number of hydrogen-bond acceptors (Lipinski definition) is 4. The third kappa shape index (κ3) is 6.29. The quantitative estimate of drug-likeness (QED) is 0.542. The fraction of sp³-hybridized carbons (Fsp3) is 0.500. The standard InChI is InChI=1S/C16H24N2O3/c1-3-5-8-11-17-15(19)12-18-14-10-7-6-9-13(14)16(20)21-4-2/h6-7,9-10,18H,3-5,8,11-12H2,1-2H3,(H,17,19). The zero-order valence-corrected chi connectivity index (χ0v) is 12.8. The zero-order chi connectivity index (χ0) is 15.5. The van der Waals surface area contributed by atoms with Crippen molar-refractivity contribution in [3.63, 3.8) is 0 Å². The molecule has 5 nitrogen and oxygen atoms in total. The molecular weight excluding hydrogens is 268 g/mol. The molecule has 1 aromatic rings. The summed E-state index contributed by atoms with van der Waals surface area (Å²) in [6.07, 6.45) is 3.22. The summed E-state index contributed by atoms with van der Waals surface area (Å²) in [6.45, 7) is 5.04. The Morgan fingerprint density at radius 2 is 1.90 bits per heavy atom. The van der Waals surface area contributed by atoms with E-state index in [0.717, 1.165) is 19.3 Å². The van der Waals surface area contributed by atoms with Crippen molar-refractivity contribution < 1.29 is 14.3 Å². The van der Waals surface area contributed by atoms with Crippen LogP contribution in [0.2, 0.25) is 0 Å². The zero-order valence-electron chi connectivity index (χ0n) is 12.8. The molecule has 5 heteroatoms. The fourth-order valence-electron chi connectivity index (χ4n) is 1.86. The Bertz CT molecular complexity index is 461. The second-order valence-electron chi connectivity index (χ2n) is 4.68. The number of carbonyl (C=O) groups excluding carboxylic acids is 2. The third-order valence-corrected chi connectivity index (χ3v) is 2.96. The van der Waals surface area contributed by atoms with Gasteiger partial charge in [-0.05, 0) is 25.5 Å². The van der Waals surface area contributed by atoms with E-state index in [1.165, 1.54) is 0 Å². The van der Waals surface area contributed by atoms with E-state index in [-0.39, 0.29) is 18.4 Å². The van der Waals surface area contributed by atoms with Gasteiger partial charge < -0.3 is 15.4 Å². The van der Waals surface area contributed by atoms with Crippen molar-refractivity contribution in [2.24, 2.45) is 0 Å². The molecule has 0 radical (unpaired) electrons. The molecule has 0 unspecified atom stereocenters. The summed E-state index contributed by atoms with van der Waals surface area (Å²) in [6, 6.07) is 7.02. The van der Waals surface area contributed by atoms with Crippen molar-refractivity contribution >= 4 is 17.6 Å². The number of ether oxygens (including phenoxy) is 1. The summed E-state index contributed by atoms with van der Waals surface area (Å²) in [7, 11) is 0. The second-order valence-corrected chi connectivity index (χ2v) is 4.68. The summed E-state index contributed by atoms with van der Waals surface area (Å²) in [5, 5.41) is 5.82. The van der Waals surface area contributed by atoms with Crippen LogP contribution in [-0.4, -0.2) is 31.6 Å². The lowest BCUT2D eigenvalue weighted by Crippen LogP contribution is -2.30. The van der Waals surface area contributed by atoms with Gasteiger partial charge in [0.05, 0.1) is 18.7 Å². The normalized spacial score (nSPS) is 10.0. The molecule has 0 spiro atoms. The number of benzene rings is 1. The van der Waals surface area contributed by atoms with Crippen LogP contribution in [0.4, 0.5) is 5.69 Å². The van der Waals surface area contributed by atoms with Gasteiger partial charge in [-0.15, -0.1) is 0 Å². The maximum Gasteiger partial charge on any atom is 0.340 e. The van der Waals surface area contributed by atoms with Crippen LogP contribution in [0.25, 0.3) is 0 Å². The molecule has 1 amide bonds. The van der Waals surface area contributed by atoms with Crippen LogP contribution in [-0.2, 0) is 9.53 Å². The van der Waals surface area contributed by atoms with Gasteiger partial charge in [-0.25, -0.2) is 4.79 Å². The third-order valence-electron chi connectivity index (χ3n) is 2.96. The van der Waals surface area contributed by atoms with Gasteiger partial charge in [-0.2, -0.15) is 0 Å². The first kappa shape index (κ1) is 17.0. The molecule has 0 saturated carbocycles. The molecule has 0 aliphatic rings. The molecule has 0 saturated heterocycles. The first-order valence-electron chi connectivity index (χ1n) is 7.45. The van der Waals surface area contributed by atoms with Crippen LogP contribution in [0.5, 0.6) is 0 Å².